The molecular formula is C13H14BrNO5S. The first-order valence-electron chi connectivity index (χ1n) is 6.04. The second-order valence-corrected chi connectivity index (χ2v) is 5.99. The van der Waals surface area contributed by atoms with E-state index < -0.39 is 11.9 Å². The lowest BCUT2D eigenvalue weighted by Gasteiger charge is -2.06. The molecule has 0 unspecified atom stereocenters. The van der Waals surface area contributed by atoms with E-state index in [4.69, 9.17) is 10.2 Å². The predicted molar refractivity (Wildman–Crippen MR) is 81.7 cm³/mol. The van der Waals surface area contributed by atoms with Crippen LogP contribution in [0.25, 0.3) is 0 Å². The van der Waals surface area contributed by atoms with E-state index in [1.165, 1.54) is 17.8 Å². The van der Waals surface area contributed by atoms with Crippen molar-refractivity contribution in [2.75, 3.05) is 12.3 Å². The minimum absolute atomic E-state index is 0.0160. The summed E-state index contributed by atoms with van der Waals surface area (Å²) in [5.41, 5.74) is 0.141. The van der Waals surface area contributed by atoms with Crippen molar-refractivity contribution < 1.29 is 24.6 Å². The molecule has 0 radical (unpaired) electrons. The van der Waals surface area contributed by atoms with Crippen molar-refractivity contribution in [1.82, 2.24) is 5.32 Å². The summed E-state index contributed by atoms with van der Waals surface area (Å²) in [6, 6.07) is 4.84. The molecule has 0 aliphatic heterocycles. The molecule has 1 rings (SSSR count). The Kier molecular flexibility index (Phi) is 7.24. The molecule has 1 amide bonds. The zero-order chi connectivity index (χ0) is 15.8. The Balaban J connectivity index is 2.41. The molecule has 0 aromatic heterocycles. The number of carbonyl (C=O) groups is 3. The van der Waals surface area contributed by atoms with Gasteiger partial charge in [-0.15, -0.1) is 11.8 Å². The molecule has 0 heterocycles. The van der Waals surface area contributed by atoms with E-state index >= 15 is 0 Å². The van der Waals surface area contributed by atoms with Gasteiger partial charge in [-0.05, 0) is 40.5 Å². The molecule has 0 saturated heterocycles. The van der Waals surface area contributed by atoms with Gasteiger partial charge in [0.1, 0.15) is 0 Å². The lowest BCUT2D eigenvalue weighted by atomic mass is 10.2. The van der Waals surface area contributed by atoms with Gasteiger partial charge in [0.2, 0.25) is 5.91 Å². The van der Waals surface area contributed by atoms with Crippen LogP contribution in [0.4, 0.5) is 0 Å². The van der Waals surface area contributed by atoms with Crippen molar-refractivity contribution in [1.29, 1.82) is 0 Å². The third kappa shape index (κ3) is 6.63. The number of rotatable bonds is 8. The Hall–Kier alpha value is -1.54. The van der Waals surface area contributed by atoms with Crippen molar-refractivity contribution in [2.24, 2.45) is 0 Å². The summed E-state index contributed by atoms with van der Waals surface area (Å²) in [5.74, 6) is -2.00. The highest BCUT2D eigenvalue weighted by atomic mass is 79.9. The molecule has 0 aliphatic carbocycles. The van der Waals surface area contributed by atoms with Crippen LogP contribution < -0.4 is 5.32 Å². The lowest BCUT2D eigenvalue weighted by Crippen LogP contribution is -2.26. The second-order valence-electron chi connectivity index (χ2n) is 4.08. The Morgan fingerprint density at radius 3 is 2.57 bits per heavy atom. The molecule has 3 N–H and O–H groups in total. The zero-order valence-electron chi connectivity index (χ0n) is 11.0. The van der Waals surface area contributed by atoms with Crippen LogP contribution in [0.3, 0.4) is 0 Å². The number of aromatic carboxylic acids is 1. The van der Waals surface area contributed by atoms with Crippen molar-refractivity contribution in [3.8, 4) is 0 Å². The smallest absolute Gasteiger partial charge is 0.336 e. The summed E-state index contributed by atoms with van der Waals surface area (Å²) in [6.07, 6.45) is 0.398. The summed E-state index contributed by atoms with van der Waals surface area (Å²) in [5, 5.41) is 20.1. The van der Waals surface area contributed by atoms with E-state index in [9.17, 15) is 14.4 Å². The van der Waals surface area contributed by atoms with Crippen LogP contribution in [0.2, 0.25) is 0 Å². The summed E-state index contributed by atoms with van der Waals surface area (Å²) < 4.78 is 0.484. The number of aliphatic carboxylic acids is 1. The minimum Gasteiger partial charge on any atom is -0.481 e. The fourth-order valence-corrected chi connectivity index (χ4v) is 2.61. The molecule has 21 heavy (non-hydrogen) atoms. The Bertz CT molecular complexity index is 549. The fourth-order valence-electron chi connectivity index (χ4n) is 1.43. The van der Waals surface area contributed by atoms with Crippen LogP contribution in [0, 0.1) is 0 Å². The summed E-state index contributed by atoms with van der Waals surface area (Å²) in [7, 11) is 0. The first-order valence-corrected chi connectivity index (χ1v) is 7.82. The van der Waals surface area contributed by atoms with Crippen LogP contribution in [0.1, 0.15) is 23.2 Å². The van der Waals surface area contributed by atoms with Crippen molar-refractivity contribution >= 4 is 45.5 Å². The van der Waals surface area contributed by atoms with Gasteiger partial charge in [-0.2, -0.15) is 0 Å². The van der Waals surface area contributed by atoms with Gasteiger partial charge in [0.25, 0.3) is 0 Å². The second kappa shape index (κ2) is 8.68. The summed E-state index contributed by atoms with van der Waals surface area (Å²) >= 11 is 4.37. The number of nitrogens with one attached hydrogen (secondary N) is 1. The van der Waals surface area contributed by atoms with E-state index in [0.717, 1.165) is 0 Å². The molecule has 1 aromatic rings. The average Bonchev–Trinajstić information content (AvgIpc) is 2.42. The summed E-state index contributed by atoms with van der Waals surface area (Å²) in [6.45, 7) is 0.312. The molecule has 0 saturated carbocycles. The SMILES string of the molecule is O=C(O)CCCNC(=O)CSc1ccc(Br)c(C(=O)O)c1. The molecule has 1 aromatic carbocycles. The highest BCUT2D eigenvalue weighted by molar-refractivity contribution is 9.10. The van der Waals surface area contributed by atoms with E-state index in [0.29, 0.717) is 22.3 Å². The molecule has 0 aliphatic rings. The zero-order valence-corrected chi connectivity index (χ0v) is 13.4. The van der Waals surface area contributed by atoms with Crippen molar-refractivity contribution in [2.45, 2.75) is 17.7 Å². The van der Waals surface area contributed by atoms with Crippen molar-refractivity contribution in [3.05, 3.63) is 28.2 Å². The van der Waals surface area contributed by atoms with Gasteiger partial charge < -0.3 is 15.5 Å². The highest BCUT2D eigenvalue weighted by Crippen LogP contribution is 2.24. The average molecular weight is 376 g/mol. The van der Waals surface area contributed by atoms with Crippen LogP contribution >= 0.6 is 27.7 Å². The minimum atomic E-state index is -1.04. The number of amides is 1. The van der Waals surface area contributed by atoms with Gasteiger partial charge in [-0.3, -0.25) is 9.59 Å². The number of benzene rings is 1. The Morgan fingerprint density at radius 2 is 1.95 bits per heavy atom. The van der Waals surface area contributed by atoms with Gasteiger partial charge in [-0.25, -0.2) is 4.79 Å². The first-order chi connectivity index (χ1) is 9.90. The van der Waals surface area contributed by atoms with Crippen LogP contribution in [-0.4, -0.2) is 40.4 Å². The number of carboxylic acid groups (broad SMARTS) is 2. The largest absolute Gasteiger partial charge is 0.481 e. The molecular weight excluding hydrogens is 362 g/mol. The number of carboxylic acids is 2. The normalized spacial score (nSPS) is 10.1. The van der Waals surface area contributed by atoms with Gasteiger partial charge in [0, 0.05) is 22.3 Å². The number of halogens is 1. The lowest BCUT2D eigenvalue weighted by molar-refractivity contribution is -0.137. The van der Waals surface area contributed by atoms with Crippen molar-refractivity contribution in [3.63, 3.8) is 0 Å². The van der Waals surface area contributed by atoms with E-state index in [2.05, 4.69) is 21.2 Å². The number of hydrogen-bond donors (Lipinski definition) is 3. The Morgan fingerprint density at radius 1 is 1.24 bits per heavy atom. The number of carbonyl (C=O) groups excluding carboxylic acids is 1. The molecule has 0 spiro atoms. The maximum absolute atomic E-state index is 11.5. The molecule has 0 atom stereocenters. The monoisotopic (exact) mass is 375 g/mol. The van der Waals surface area contributed by atoms with Gasteiger partial charge in [0.15, 0.2) is 0 Å². The quantitative estimate of drug-likeness (QED) is 0.475. The highest BCUT2D eigenvalue weighted by Gasteiger charge is 2.10. The van der Waals surface area contributed by atoms with Crippen LogP contribution in [-0.2, 0) is 9.59 Å². The topological polar surface area (TPSA) is 104 Å². The van der Waals surface area contributed by atoms with E-state index in [-0.39, 0.29) is 23.6 Å². The maximum Gasteiger partial charge on any atom is 0.336 e. The molecule has 114 valence electrons. The molecule has 0 bridgehead atoms. The standard InChI is InChI=1S/C13H14BrNO5S/c14-10-4-3-8(6-9(10)13(19)20)21-7-11(16)15-5-1-2-12(17)18/h3-4,6H,1-2,5,7H2,(H,15,16)(H,17,18)(H,19,20). The maximum atomic E-state index is 11.5. The molecule has 8 heteroatoms. The molecule has 6 nitrogen and oxygen atoms in total. The van der Waals surface area contributed by atoms with Gasteiger partial charge in [-0.1, -0.05) is 0 Å². The third-order valence-corrected chi connectivity index (χ3v) is 4.11. The van der Waals surface area contributed by atoms with Crippen LogP contribution in [0.15, 0.2) is 27.6 Å². The third-order valence-electron chi connectivity index (χ3n) is 2.43. The van der Waals surface area contributed by atoms with E-state index in [1.807, 2.05) is 0 Å². The number of hydrogen-bond acceptors (Lipinski definition) is 4. The summed E-state index contributed by atoms with van der Waals surface area (Å²) in [4.78, 5) is 33.5. The van der Waals surface area contributed by atoms with Gasteiger partial charge in [0.05, 0.1) is 11.3 Å². The van der Waals surface area contributed by atoms with E-state index in [1.54, 1.807) is 12.1 Å². The van der Waals surface area contributed by atoms with Gasteiger partial charge >= 0.3 is 11.9 Å². The van der Waals surface area contributed by atoms with Crippen LogP contribution in [0.5, 0.6) is 0 Å². The molecule has 0 fully saturated rings. The Labute approximate surface area is 134 Å². The predicted octanol–water partition coefficient (Wildman–Crippen LogP) is 2.22. The fraction of sp³-hybridized carbons (Fsp3) is 0.308. The first kappa shape index (κ1) is 17.5. The number of thioether (sulfide) groups is 1.